The fraction of sp³-hybridized carbons (Fsp3) is 0.471. The topological polar surface area (TPSA) is 42.3 Å². The minimum Gasteiger partial charge on any atom is -0.380 e. The van der Waals surface area contributed by atoms with Gasteiger partial charge in [0.25, 0.3) is 0 Å². The number of nitrogens with zero attached hydrogens (tertiary/aromatic N) is 3. The Hall–Kier alpha value is -1.69. The van der Waals surface area contributed by atoms with Gasteiger partial charge in [-0.2, -0.15) is 0 Å². The molecule has 1 saturated heterocycles. The Balaban J connectivity index is 1.77. The lowest BCUT2D eigenvalue weighted by Crippen LogP contribution is -2.46. The van der Waals surface area contributed by atoms with Gasteiger partial charge >= 0.3 is 0 Å². The Labute approximate surface area is 131 Å². The van der Waals surface area contributed by atoms with Gasteiger partial charge in [-0.3, -0.25) is 4.90 Å². The van der Waals surface area contributed by atoms with Gasteiger partial charge in [-0.05, 0) is 11.1 Å². The van der Waals surface area contributed by atoms with E-state index in [-0.39, 0.29) is 0 Å². The molecule has 0 saturated carbocycles. The third-order valence-electron chi connectivity index (χ3n) is 4.20. The van der Waals surface area contributed by atoms with Crippen LogP contribution in [0.5, 0.6) is 0 Å². The van der Waals surface area contributed by atoms with Gasteiger partial charge in [-0.15, -0.1) is 0 Å². The zero-order valence-corrected chi connectivity index (χ0v) is 13.3. The van der Waals surface area contributed by atoms with Crippen LogP contribution in [0.4, 0.5) is 0 Å². The molecule has 1 aliphatic rings. The van der Waals surface area contributed by atoms with Gasteiger partial charge in [-0.1, -0.05) is 24.3 Å². The molecule has 1 aromatic heterocycles. The molecule has 0 aliphatic carbocycles. The van der Waals surface area contributed by atoms with Crippen LogP contribution in [0.15, 0.2) is 36.7 Å². The Morgan fingerprint density at radius 3 is 3.00 bits per heavy atom. The van der Waals surface area contributed by atoms with E-state index in [1.54, 1.807) is 7.11 Å². The average Bonchev–Trinajstić information content (AvgIpc) is 2.95. The monoisotopic (exact) mass is 300 g/mol. The third kappa shape index (κ3) is 3.38. The molecule has 2 heterocycles. The lowest BCUT2D eigenvalue weighted by Gasteiger charge is -2.35. The molecule has 1 atom stereocenters. The van der Waals surface area contributed by atoms with Crippen molar-refractivity contribution in [2.75, 3.05) is 26.7 Å². The smallest absolute Gasteiger partial charge is 0.127 e. The molecule has 1 N–H and O–H groups in total. The largest absolute Gasteiger partial charge is 0.380 e. The molecule has 2 aromatic rings. The van der Waals surface area contributed by atoms with Crippen molar-refractivity contribution in [2.45, 2.75) is 19.2 Å². The van der Waals surface area contributed by atoms with Crippen molar-refractivity contribution in [3.8, 4) is 0 Å². The van der Waals surface area contributed by atoms with E-state index in [9.17, 15) is 0 Å². The van der Waals surface area contributed by atoms with E-state index in [1.807, 2.05) is 12.4 Å². The number of piperazine rings is 1. The van der Waals surface area contributed by atoms with Gasteiger partial charge in [0.05, 0.1) is 12.6 Å². The summed E-state index contributed by atoms with van der Waals surface area (Å²) in [5, 5.41) is 3.48. The highest BCUT2D eigenvalue weighted by atomic mass is 16.5. The van der Waals surface area contributed by atoms with Crippen LogP contribution < -0.4 is 5.32 Å². The first kappa shape index (κ1) is 15.2. The minimum absolute atomic E-state index is 0.319. The molecular weight excluding hydrogens is 276 g/mol. The number of nitrogens with one attached hydrogen (secondary N) is 1. The predicted octanol–water partition coefficient (Wildman–Crippen LogP) is 1.71. The van der Waals surface area contributed by atoms with Crippen molar-refractivity contribution >= 4 is 0 Å². The summed E-state index contributed by atoms with van der Waals surface area (Å²) in [4.78, 5) is 7.04. The standard InChI is InChI=1S/C17H24N4O/c1-20-8-7-19-17(20)16-11-18-6-9-21(16)12-14-4-3-5-15(10-14)13-22-2/h3-5,7-8,10,16,18H,6,9,11-13H2,1-2H3. The highest BCUT2D eigenvalue weighted by molar-refractivity contribution is 5.23. The number of aryl methyl sites for hydroxylation is 1. The summed E-state index contributed by atoms with van der Waals surface area (Å²) < 4.78 is 7.35. The number of imidazole rings is 1. The maximum absolute atomic E-state index is 5.23. The van der Waals surface area contributed by atoms with Gasteiger partial charge < -0.3 is 14.6 Å². The molecule has 5 heteroatoms. The van der Waals surface area contributed by atoms with Gasteiger partial charge in [0.2, 0.25) is 0 Å². The highest BCUT2D eigenvalue weighted by Crippen LogP contribution is 2.23. The third-order valence-corrected chi connectivity index (χ3v) is 4.20. The van der Waals surface area contributed by atoms with E-state index in [4.69, 9.17) is 4.74 Å². The molecule has 0 spiro atoms. The summed E-state index contributed by atoms with van der Waals surface area (Å²) in [5.74, 6) is 1.13. The fourth-order valence-electron chi connectivity index (χ4n) is 3.11. The van der Waals surface area contributed by atoms with E-state index in [1.165, 1.54) is 11.1 Å². The van der Waals surface area contributed by atoms with Crippen LogP contribution in [-0.4, -0.2) is 41.2 Å². The minimum atomic E-state index is 0.319. The van der Waals surface area contributed by atoms with Gasteiger partial charge in [0, 0.05) is 52.7 Å². The van der Waals surface area contributed by atoms with Crippen LogP contribution in [0.25, 0.3) is 0 Å². The zero-order valence-electron chi connectivity index (χ0n) is 13.3. The molecule has 3 rings (SSSR count). The number of hydrogen-bond donors (Lipinski definition) is 1. The summed E-state index contributed by atoms with van der Waals surface area (Å²) in [6.45, 7) is 4.61. The van der Waals surface area contributed by atoms with Gasteiger partial charge in [0.15, 0.2) is 0 Å². The quantitative estimate of drug-likeness (QED) is 0.913. The molecule has 0 bridgehead atoms. The van der Waals surface area contributed by atoms with E-state index in [0.29, 0.717) is 12.6 Å². The summed E-state index contributed by atoms with van der Waals surface area (Å²) in [6, 6.07) is 8.97. The van der Waals surface area contributed by atoms with Crippen molar-refractivity contribution in [1.29, 1.82) is 0 Å². The van der Waals surface area contributed by atoms with Crippen LogP contribution >= 0.6 is 0 Å². The van der Waals surface area contributed by atoms with E-state index < -0.39 is 0 Å². The van der Waals surface area contributed by atoms with Crippen molar-refractivity contribution in [1.82, 2.24) is 19.8 Å². The summed E-state index contributed by atoms with van der Waals surface area (Å²) >= 11 is 0. The van der Waals surface area contributed by atoms with Crippen LogP contribution in [0.1, 0.15) is 23.0 Å². The van der Waals surface area contributed by atoms with Crippen LogP contribution in [0, 0.1) is 0 Å². The Kier molecular flexibility index (Phi) is 4.87. The lowest BCUT2D eigenvalue weighted by molar-refractivity contribution is 0.144. The second kappa shape index (κ2) is 7.05. The van der Waals surface area contributed by atoms with Gasteiger partial charge in [-0.25, -0.2) is 4.98 Å². The number of aromatic nitrogens is 2. The normalized spacial score (nSPS) is 19.5. The molecule has 22 heavy (non-hydrogen) atoms. The number of ether oxygens (including phenoxy) is 1. The second-order valence-electron chi connectivity index (χ2n) is 5.84. The van der Waals surface area contributed by atoms with Crippen molar-refractivity contribution in [3.05, 3.63) is 53.6 Å². The summed E-state index contributed by atoms with van der Waals surface area (Å²) in [6.07, 6.45) is 3.89. The molecule has 1 fully saturated rings. The highest BCUT2D eigenvalue weighted by Gasteiger charge is 2.26. The molecular formula is C17H24N4O. The molecule has 1 aromatic carbocycles. The first-order valence-corrected chi connectivity index (χ1v) is 7.76. The molecule has 0 radical (unpaired) electrons. The number of rotatable bonds is 5. The molecule has 1 aliphatic heterocycles. The lowest BCUT2D eigenvalue weighted by atomic mass is 10.1. The van der Waals surface area contributed by atoms with Crippen LogP contribution in [0.3, 0.4) is 0 Å². The van der Waals surface area contributed by atoms with Crippen molar-refractivity contribution in [2.24, 2.45) is 7.05 Å². The van der Waals surface area contributed by atoms with Gasteiger partial charge in [0.1, 0.15) is 5.82 Å². The number of hydrogen-bond acceptors (Lipinski definition) is 4. The number of benzene rings is 1. The van der Waals surface area contributed by atoms with E-state index >= 15 is 0 Å². The second-order valence-corrected chi connectivity index (χ2v) is 5.84. The Morgan fingerprint density at radius 2 is 2.23 bits per heavy atom. The van der Waals surface area contributed by atoms with E-state index in [0.717, 1.165) is 32.0 Å². The molecule has 5 nitrogen and oxygen atoms in total. The maximum Gasteiger partial charge on any atom is 0.127 e. The maximum atomic E-state index is 5.23. The molecule has 1 unspecified atom stereocenters. The zero-order chi connectivity index (χ0) is 15.4. The van der Waals surface area contributed by atoms with Crippen molar-refractivity contribution in [3.63, 3.8) is 0 Å². The van der Waals surface area contributed by atoms with E-state index in [2.05, 4.69) is 51.1 Å². The van der Waals surface area contributed by atoms with Crippen LogP contribution in [0.2, 0.25) is 0 Å². The first-order valence-electron chi connectivity index (χ1n) is 7.76. The van der Waals surface area contributed by atoms with Crippen molar-refractivity contribution < 1.29 is 4.74 Å². The Morgan fingerprint density at radius 1 is 1.36 bits per heavy atom. The SMILES string of the molecule is COCc1cccc(CN2CCNCC2c2nccn2C)c1. The first-order chi connectivity index (χ1) is 10.8. The summed E-state index contributed by atoms with van der Waals surface area (Å²) in [5.41, 5.74) is 2.55. The predicted molar refractivity (Wildman–Crippen MR) is 86.4 cm³/mol. The van der Waals surface area contributed by atoms with Crippen LogP contribution in [-0.2, 0) is 24.9 Å². The molecule has 118 valence electrons. The average molecular weight is 300 g/mol. The fourth-order valence-corrected chi connectivity index (χ4v) is 3.11. The Bertz CT molecular complexity index is 610. The molecule has 0 amide bonds. The summed E-state index contributed by atoms with van der Waals surface area (Å²) in [7, 11) is 3.80. The number of methoxy groups -OCH3 is 1.